The minimum atomic E-state index is -0.196. The molecule has 5 heteroatoms. The molecule has 1 heterocycles. The second-order valence-corrected chi connectivity index (χ2v) is 5.45. The van der Waals surface area contributed by atoms with Gasteiger partial charge in [0.15, 0.2) is 11.4 Å². The number of nitrogens with zero attached hydrogens (tertiary/aromatic N) is 2. The number of aromatic nitrogens is 1. The summed E-state index contributed by atoms with van der Waals surface area (Å²) in [5, 5.41) is 8.28. The van der Waals surface area contributed by atoms with Crippen molar-refractivity contribution in [2.24, 2.45) is 0 Å². The Morgan fingerprint density at radius 2 is 1.95 bits per heavy atom. The molecule has 0 radical (unpaired) electrons. The van der Waals surface area contributed by atoms with Gasteiger partial charge in [-0.15, -0.1) is 0 Å². The summed E-state index contributed by atoms with van der Waals surface area (Å²) in [4.78, 5) is 2.01. The van der Waals surface area contributed by atoms with Crippen molar-refractivity contribution in [3.63, 3.8) is 0 Å². The maximum atomic E-state index is 13.6. The summed E-state index contributed by atoms with van der Waals surface area (Å²) in [5.41, 5.74) is 3.30. The third-order valence-electron chi connectivity index (χ3n) is 3.78. The molecule has 0 atom stereocenters. The van der Waals surface area contributed by atoms with E-state index in [9.17, 15) is 4.39 Å². The topological polar surface area (TPSA) is 41.3 Å². The molecule has 0 aliphatic carbocycles. The van der Waals surface area contributed by atoms with Crippen molar-refractivity contribution in [3.8, 4) is 0 Å². The highest BCUT2D eigenvalue weighted by atomic mass is 19.1. The van der Waals surface area contributed by atoms with Crippen LogP contribution in [-0.2, 0) is 6.54 Å². The zero-order chi connectivity index (χ0) is 15.7. The van der Waals surface area contributed by atoms with Crippen LogP contribution < -0.4 is 10.2 Å². The van der Waals surface area contributed by atoms with Crippen LogP contribution in [0.2, 0.25) is 0 Å². The van der Waals surface area contributed by atoms with E-state index in [0.29, 0.717) is 17.9 Å². The molecule has 3 aromatic rings. The average molecular weight is 299 g/mol. The quantitative estimate of drug-likeness (QED) is 0.792. The van der Waals surface area contributed by atoms with Crippen molar-refractivity contribution in [2.45, 2.75) is 13.5 Å². The number of benzene rings is 2. The van der Waals surface area contributed by atoms with Crippen molar-refractivity contribution in [1.82, 2.24) is 5.16 Å². The van der Waals surface area contributed by atoms with Crippen molar-refractivity contribution >= 4 is 22.5 Å². The molecule has 0 fully saturated rings. The number of anilines is 2. The fourth-order valence-electron chi connectivity index (χ4n) is 2.49. The SMILES string of the molecule is Cc1c(F)cccc1CNc1noc2cccc(N(C)C)c12. The Morgan fingerprint density at radius 3 is 2.73 bits per heavy atom. The Kier molecular flexibility index (Phi) is 3.71. The molecule has 3 rings (SSSR count). The normalized spacial score (nSPS) is 10.9. The molecule has 2 aromatic carbocycles. The molecule has 0 bridgehead atoms. The van der Waals surface area contributed by atoms with Crippen LogP contribution in [0, 0.1) is 12.7 Å². The molecule has 1 aromatic heterocycles. The molecule has 0 aliphatic heterocycles. The minimum absolute atomic E-state index is 0.196. The van der Waals surface area contributed by atoms with Gasteiger partial charge in [-0.05, 0) is 36.2 Å². The summed E-state index contributed by atoms with van der Waals surface area (Å²) in [6.45, 7) is 2.27. The molecule has 0 aliphatic rings. The molecule has 4 nitrogen and oxygen atoms in total. The van der Waals surface area contributed by atoms with Crippen LogP contribution in [0.5, 0.6) is 0 Å². The molecule has 0 saturated heterocycles. The van der Waals surface area contributed by atoms with Crippen molar-refractivity contribution < 1.29 is 8.91 Å². The summed E-state index contributed by atoms with van der Waals surface area (Å²) in [6.07, 6.45) is 0. The molecule has 1 N–H and O–H groups in total. The van der Waals surface area contributed by atoms with E-state index in [-0.39, 0.29) is 5.82 Å². The standard InChI is InChI=1S/C17H18FN3O/c1-11-12(6-4-7-13(11)18)10-19-17-16-14(21(2)3)8-5-9-15(16)22-20-17/h4-9H,10H2,1-3H3,(H,19,20). The number of fused-ring (bicyclic) bond motifs is 1. The lowest BCUT2D eigenvalue weighted by Crippen LogP contribution is -2.09. The number of hydrogen-bond acceptors (Lipinski definition) is 4. The highest BCUT2D eigenvalue weighted by Gasteiger charge is 2.14. The van der Waals surface area contributed by atoms with E-state index >= 15 is 0 Å². The number of hydrogen-bond donors (Lipinski definition) is 1. The van der Waals surface area contributed by atoms with Gasteiger partial charge in [0.2, 0.25) is 0 Å². The third-order valence-corrected chi connectivity index (χ3v) is 3.78. The molecule has 0 amide bonds. The first-order valence-electron chi connectivity index (χ1n) is 7.11. The zero-order valence-electron chi connectivity index (χ0n) is 12.9. The maximum Gasteiger partial charge on any atom is 0.179 e. The Morgan fingerprint density at radius 1 is 1.18 bits per heavy atom. The first-order valence-corrected chi connectivity index (χ1v) is 7.11. The van der Waals surface area contributed by atoms with E-state index < -0.39 is 0 Å². The van der Waals surface area contributed by atoms with Crippen LogP contribution in [0.4, 0.5) is 15.9 Å². The predicted octanol–water partition coefficient (Wildman–Crippen LogP) is 3.95. The summed E-state index contributed by atoms with van der Waals surface area (Å²) >= 11 is 0. The highest BCUT2D eigenvalue weighted by molar-refractivity contribution is 5.99. The zero-order valence-corrected chi connectivity index (χ0v) is 12.9. The number of nitrogens with one attached hydrogen (secondary N) is 1. The Hall–Kier alpha value is -2.56. The molecular weight excluding hydrogens is 281 g/mol. The molecule has 0 spiro atoms. The molecule has 0 unspecified atom stereocenters. The molecular formula is C17H18FN3O. The fourth-order valence-corrected chi connectivity index (χ4v) is 2.49. The van der Waals surface area contributed by atoms with Crippen LogP contribution in [0.3, 0.4) is 0 Å². The van der Waals surface area contributed by atoms with Crippen LogP contribution in [-0.4, -0.2) is 19.3 Å². The Labute approximate surface area is 128 Å². The van der Waals surface area contributed by atoms with Crippen molar-refractivity contribution in [3.05, 3.63) is 53.3 Å². The predicted molar refractivity (Wildman–Crippen MR) is 86.8 cm³/mol. The summed E-state index contributed by atoms with van der Waals surface area (Å²) in [6, 6.07) is 10.9. The number of halogens is 1. The Bertz CT molecular complexity index is 811. The monoisotopic (exact) mass is 299 g/mol. The second kappa shape index (κ2) is 5.67. The van der Waals surface area contributed by atoms with Crippen LogP contribution in [0.15, 0.2) is 40.9 Å². The van der Waals surface area contributed by atoms with E-state index in [1.165, 1.54) is 6.07 Å². The van der Waals surface area contributed by atoms with Crippen LogP contribution >= 0.6 is 0 Å². The van der Waals surface area contributed by atoms with Crippen molar-refractivity contribution in [1.29, 1.82) is 0 Å². The van der Waals surface area contributed by atoms with E-state index in [1.54, 1.807) is 13.0 Å². The second-order valence-electron chi connectivity index (χ2n) is 5.45. The average Bonchev–Trinajstić information content (AvgIpc) is 2.92. The largest absolute Gasteiger partial charge is 0.377 e. The van der Waals surface area contributed by atoms with E-state index in [1.807, 2.05) is 43.3 Å². The van der Waals surface area contributed by atoms with Gasteiger partial charge < -0.3 is 14.7 Å². The van der Waals surface area contributed by atoms with Gasteiger partial charge in [0.25, 0.3) is 0 Å². The van der Waals surface area contributed by atoms with Crippen LogP contribution in [0.25, 0.3) is 11.0 Å². The summed E-state index contributed by atoms with van der Waals surface area (Å²) < 4.78 is 19.0. The lowest BCUT2D eigenvalue weighted by Gasteiger charge is -2.14. The molecule has 114 valence electrons. The first kappa shape index (κ1) is 14.4. The summed E-state index contributed by atoms with van der Waals surface area (Å²) in [7, 11) is 3.95. The third kappa shape index (κ3) is 2.50. The lowest BCUT2D eigenvalue weighted by molar-refractivity contribution is 0.459. The van der Waals surface area contributed by atoms with E-state index in [0.717, 1.165) is 22.2 Å². The van der Waals surface area contributed by atoms with Gasteiger partial charge in [-0.25, -0.2) is 4.39 Å². The minimum Gasteiger partial charge on any atom is -0.377 e. The molecule has 22 heavy (non-hydrogen) atoms. The fraction of sp³-hybridized carbons (Fsp3) is 0.235. The van der Waals surface area contributed by atoms with Gasteiger partial charge in [-0.2, -0.15) is 0 Å². The van der Waals surface area contributed by atoms with Gasteiger partial charge in [-0.3, -0.25) is 0 Å². The summed E-state index contributed by atoms with van der Waals surface area (Å²) in [5.74, 6) is 0.473. The smallest absolute Gasteiger partial charge is 0.179 e. The van der Waals surface area contributed by atoms with Crippen LogP contribution in [0.1, 0.15) is 11.1 Å². The van der Waals surface area contributed by atoms with Gasteiger partial charge in [0, 0.05) is 20.6 Å². The van der Waals surface area contributed by atoms with Gasteiger partial charge in [0.1, 0.15) is 5.82 Å². The highest BCUT2D eigenvalue weighted by Crippen LogP contribution is 2.32. The molecule has 0 saturated carbocycles. The van der Waals surface area contributed by atoms with Gasteiger partial charge >= 0.3 is 0 Å². The van der Waals surface area contributed by atoms with E-state index in [4.69, 9.17) is 4.52 Å². The lowest BCUT2D eigenvalue weighted by atomic mass is 10.1. The number of rotatable bonds is 4. The van der Waals surface area contributed by atoms with Crippen molar-refractivity contribution in [2.75, 3.05) is 24.3 Å². The van der Waals surface area contributed by atoms with Gasteiger partial charge in [-0.1, -0.05) is 23.4 Å². The Balaban J connectivity index is 1.93. The van der Waals surface area contributed by atoms with Gasteiger partial charge in [0.05, 0.1) is 11.1 Å². The maximum absolute atomic E-state index is 13.6. The first-order chi connectivity index (χ1) is 10.6. The van der Waals surface area contributed by atoms with E-state index in [2.05, 4.69) is 10.5 Å².